The highest BCUT2D eigenvalue weighted by atomic mass is 35.5. The van der Waals surface area contributed by atoms with E-state index in [0.717, 1.165) is 4.68 Å². The van der Waals surface area contributed by atoms with Crippen molar-refractivity contribution in [1.82, 2.24) is 9.78 Å². The lowest BCUT2D eigenvalue weighted by Gasteiger charge is -2.29. The molecule has 0 saturated carbocycles. The second-order valence-electron chi connectivity index (χ2n) is 9.30. The molecule has 0 aliphatic heterocycles. The predicted molar refractivity (Wildman–Crippen MR) is 126 cm³/mol. The van der Waals surface area contributed by atoms with Gasteiger partial charge in [-0.1, -0.05) is 29.1 Å². The molecule has 0 aliphatic rings. The molecule has 0 bridgehead atoms. The van der Waals surface area contributed by atoms with Gasteiger partial charge in [0.1, 0.15) is 28.5 Å². The number of hydrogen-bond donors (Lipinski definition) is 0. The van der Waals surface area contributed by atoms with Crippen molar-refractivity contribution < 1.29 is 32.2 Å². The van der Waals surface area contributed by atoms with Crippen LogP contribution in [-0.2, 0) is 15.7 Å². The number of halogens is 5. The number of benzene rings is 1. The number of hydrogen-bond acceptors (Lipinski definition) is 6. The highest BCUT2D eigenvalue weighted by molar-refractivity contribution is 6.38. The first-order chi connectivity index (χ1) is 16.3. The minimum absolute atomic E-state index is 0.360. The molecule has 0 atom stereocenters. The summed E-state index contributed by atoms with van der Waals surface area (Å²) in [5.74, 6) is 1.63. The number of nitriles is 1. The van der Waals surface area contributed by atoms with Gasteiger partial charge < -0.3 is 9.47 Å². The van der Waals surface area contributed by atoms with E-state index in [1.165, 1.54) is 41.5 Å². The van der Waals surface area contributed by atoms with E-state index in [1.807, 2.05) is 0 Å². The number of carbonyl (C=O) groups excluding carboxylic acids is 2. The summed E-state index contributed by atoms with van der Waals surface area (Å²) < 4.78 is 51.1. The second-order valence-corrected chi connectivity index (χ2v) is 10.1. The first kappa shape index (κ1) is 28.8. The van der Waals surface area contributed by atoms with Crippen LogP contribution in [0.3, 0.4) is 0 Å². The van der Waals surface area contributed by atoms with Gasteiger partial charge >= 0.3 is 18.4 Å². The van der Waals surface area contributed by atoms with Crippen LogP contribution in [0.15, 0.2) is 12.1 Å². The van der Waals surface area contributed by atoms with Crippen molar-refractivity contribution in [3.63, 3.8) is 0 Å². The summed E-state index contributed by atoms with van der Waals surface area (Å²) in [6, 6.07) is 2.85. The van der Waals surface area contributed by atoms with Gasteiger partial charge in [0, 0.05) is 0 Å². The summed E-state index contributed by atoms with van der Waals surface area (Å²) in [4.78, 5) is 26.8. The number of alkyl halides is 3. The van der Waals surface area contributed by atoms with E-state index in [4.69, 9.17) is 39.1 Å². The average Bonchev–Trinajstić information content (AvgIpc) is 3.01. The van der Waals surface area contributed by atoms with Gasteiger partial charge in [0.25, 0.3) is 0 Å². The Morgan fingerprint density at radius 2 is 1.47 bits per heavy atom. The summed E-state index contributed by atoms with van der Waals surface area (Å²) in [5.41, 5.74) is -4.54. The fraction of sp³-hybridized carbons (Fsp3) is 0.391. The SMILES string of the molecule is C#Cc1c(C#N)nn(-c2c(Cl)cc(C(F)(F)F)cc2Cl)c1N(C(=O)OC(C)(C)C)C(=O)OC(C)(C)C. The lowest BCUT2D eigenvalue weighted by atomic mass is 10.2. The molecule has 2 rings (SSSR count). The van der Waals surface area contributed by atoms with E-state index in [-0.39, 0.29) is 11.3 Å². The van der Waals surface area contributed by atoms with Gasteiger partial charge in [0.15, 0.2) is 11.5 Å². The Morgan fingerprint density at radius 1 is 1.03 bits per heavy atom. The quantitative estimate of drug-likeness (QED) is 0.389. The number of terminal acetylenes is 1. The average molecular weight is 545 g/mol. The van der Waals surface area contributed by atoms with E-state index in [1.54, 1.807) is 6.07 Å². The Bertz CT molecular complexity index is 1240. The normalized spacial score (nSPS) is 11.9. The molecule has 1 heterocycles. The van der Waals surface area contributed by atoms with E-state index >= 15 is 0 Å². The molecule has 0 radical (unpaired) electrons. The summed E-state index contributed by atoms with van der Waals surface area (Å²) in [5, 5.41) is 12.4. The fourth-order valence-corrected chi connectivity index (χ4v) is 3.42. The number of nitrogens with zero attached hydrogens (tertiary/aromatic N) is 4. The summed E-state index contributed by atoms with van der Waals surface area (Å²) in [6.07, 6.45) is -1.74. The number of anilines is 1. The Morgan fingerprint density at radius 3 is 1.81 bits per heavy atom. The third-order valence-corrected chi connectivity index (χ3v) is 4.61. The van der Waals surface area contributed by atoms with Gasteiger partial charge in [0.05, 0.1) is 15.6 Å². The highest BCUT2D eigenvalue weighted by Crippen LogP contribution is 2.40. The maximum atomic E-state index is 13.3. The lowest BCUT2D eigenvalue weighted by Crippen LogP contribution is -2.45. The zero-order valence-electron chi connectivity index (χ0n) is 20.0. The Hall–Kier alpha value is -3.41. The number of imide groups is 1. The van der Waals surface area contributed by atoms with Crippen LogP contribution in [0, 0.1) is 23.7 Å². The molecular weight excluding hydrogens is 524 g/mol. The molecule has 0 unspecified atom stereocenters. The van der Waals surface area contributed by atoms with Crippen LogP contribution in [0.5, 0.6) is 0 Å². The molecule has 192 valence electrons. The predicted octanol–water partition coefficient (Wildman–Crippen LogP) is 6.73. The molecule has 0 N–H and O–H groups in total. The van der Waals surface area contributed by atoms with E-state index in [9.17, 15) is 28.0 Å². The van der Waals surface area contributed by atoms with E-state index in [2.05, 4.69) is 11.0 Å². The van der Waals surface area contributed by atoms with Crippen molar-refractivity contribution in [2.75, 3.05) is 4.90 Å². The molecule has 2 amide bonds. The standard InChI is InChI=1S/C23H21Cl2F3N4O4/c1-8-13-16(11-29)30-32(17-14(24)9-12(10-15(17)25)23(26,27)28)18(13)31(19(33)35-21(2,3)4)20(34)36-22(5,6)7/h1,9-10H,2-7H3. The van der Waals surface area contributed by atoms with E-state index in [0.29, 0.717) is 17.0 Å². The van der Waals surface area contributed by atoms with Gasteiger partial charge in [-0.15, -0.1) is 6.42 Å². The summed E-state index contributed by atoms with van der Waals surface area (Å²) in [6.45, 7) is 9.18. The van der Waals surface area contributed by atoms with Crippen molar-refractivity contribution in [3.05, 3.63) is 39.0 Å². The Balaban J connectivity index is 2.95. The molecule has 2 aromatic rings. The van der Waals surface area contributed by atoms with Crippen molar-refractivity contribution >= 4 is 41.2 Å². The van der Waals surface area contributed by atoms with Crippen LogP contribution in [0.2, 0.25) is 10.0 Å². The number of rotatable bonds is 2. The van der Waals surface area contributed by atoms with Crippen LogP contribution >= 0.6 is 23.2 Å². The number of aromatic nitrogens is 2. The molecular formula is C23H21Cl2F3N4O4. The zero-order valence-corrected chi connectivity index (χ0v) is 21.6. The minimum atomic E-state index is -4.78. The maximum absolute atomic E-state index is 13.3. The maximum Gasteiger partial charge on any atom is 0.425 e. The number of carbonyl (C=O) groups is 2. The van der Waals surface area contributed by atoms with Crippen molar-refractivity contribution in [2.45, 2.75) is 58.9 Å². The molecule has 1 aromatic heterocycles. The molecule has 0 aliphatic carbocycles. The lowest BCUT2D eigenvalue weighted by molar-refractivity contribution is -0.137. The molecule has 1 aromatic carbocycles. The summed E-state index contributed by atoms with van der Waals surface area (Å²) in [7, 11) is 0. The van der Waals surface area contributed by atoms with Crippen molar-refractivity contribution in [2.24, 2.45) is 0 Å². The molecule has 13 heteroatoms. The zero-order chi connectivity index (χ0) is 27.8. The van der Waals surface area contributed by atoms with E-state index < -0.39 is 56.7 Å². The molecule has 8 nitrogen and oxygen atoms in total. The Labute approximate surface area is 215 Å². The van der Waals surface area contributed by atoms with Gasteiger partial charge in [-0.05, 0) is 53.7 Å². The fourth-order valence-electron chi connectivity index (χ4n) is 2.78. The molecule has 0 spiro atoms. The number of amides is 2. The molecule has 0 fully saturated rings. The van der Waals surface area contributed by atoms with Crippen LogP contribution in [0.1, 0.15) is 58.4 Å². The number of ether oxygens (including phenoxy) is 2. The topological polar surface area (TPSA) is 97.5 Å². The third kappa shape index (κ3) is 6.42. The monoisotopic (exact) mass is 544 g/mol. The van der Waals surface area contributed by atoms with Crippen LogP contribution in [0.25, 0.3) is 5.69 Å². The van der Waals surface area contributed by atoms with Gasteiger partial charge in [-0.3, -0.25) is 0 Å². The van der Waals surface area contributed by atoms with Crippen LogP contribution in [-0.4, -0.2) is 33.2 Å². The second kappa shape index (κ2) is 9.92. The molecule has 0 saturated heterocycles. The minimum Gasteiger partial charge on any atom is -0.443 e. The largest absolute Gasteiger partial charge is 0.443 e. The summed E-state index contributed by atoms with van der Waals surface area (Å²) >= 11 is 12.3. The first-order valence-corrected chi connectivity index (χ1v) is 10.9. The Kier molecular flexibility index (Phi) is 7.94. The van der Waals surface area contributed by atoms with Gasteiger partial charge in [0.2, 0.25) is 0 Å². The highest BCUT2D eigenvalue weighted by Gasteiger charge is 2.39. The van der Waals surface area contributed by atoms with Gasteiger partial charge in [-0.25, -0.2) is 14.3 Å². The first-order valence-electron chi connectivity index (χ1n) is 10.1. The van der Waals surface area contributed by atoms with Gasteiger partial charge in [-0.2, -0.15) is 28.4 Å². The van der Waals surface area contributed by atoms with Crippen LogP contribution < -0.4 is 4.90 Å². The third-order valence-electron chi connectivity index (χ3n) is 4.03. The van der Waals surface area contributed by atoms with Crippen LogP contribution in [0.4, 0.5) is 28.6 Å². The van der Waals surface area contributed by atoms with Crippen molar-refractivity contribution in [1.29, 1.82) is 5.26 Å². The molecule has 36 heavy (non-hydrogen) atoms. The van der Waals surface area contributed by atoms with Crippen molar-refractivity contribution in [3.8, 4) is 24.1 Å². The smallest absolute Gasteiger partial charge is 0.425 e.